The summed E-state index contributed by atoms with van der Waals surface area (Å²) < 4.78 is 4.84. The minimum atomic E-state index is -0.658. The third-order valence-electron chi connectivity index (χ3n) is 1.37. The molecule has 0 spiro atoms. The summed E-state index contributed by atoms with van der Waals surface area (Å²) in [6.07, 6.45) is -0.658. The lowest BCUT2D eigenvalue weighted by atomic mass is 10.4. The summed E-state index contributed by atoms with van der Waals surface area (Å²) in [5.41, 5.74) is 0.302. The molecule has 0 bridgehead atoms. The second kappa shape index (κ2) is 5.26. The average molecular weight is 200 g/mol. The Kier molecular flexibility index (Phi) is 4.69. The summed E-state index contributed by atoms with van der Waals surface area (Å²) in [6, 6.07) is -0.313. The predicted octanol–water partition coefficient (Wildman–Crippen LogP) is 0.723. The summed E-state index contributed by atoms with van der Waals surface area (Å²) >= 11 is 0. The minimum absolute atomic E-state index is 0.302. The summed E-state index contributed by atoms with van der Waals surface area (Å²) in [6.45, 7) is 6.54. The van der Waals surface area contributed by atoms with Crippen molar-refractivity contribution in [3.8, 4) is 0 Å². The van der Waals surface area contributed by atoms with E-state index in [1.807, 2.05) is 0 Å². The molecular formula is C9H16N2O3. The normalized spacial score (nSPS) is 11.4. The van der Waals surface area contributed by atoms with Gasteiger partial charge in [-0.1, -0.05) is 6.58 Å². The van der Waals surface area contributed by atoms with Gasteiger partial charge in [-0.2, -0.15) is 0 Å². The van der Waals surface area contributed by atoms with E-state index in [-0.39, 0.29) is 6.03 Å². The van der Waals surface area contributed by atoms with Crippen molar-refractivity contribution in [1.29, 1.82) is 0 Å². The summed E-state index contributed by atoms with van der Waals surface area (Å²) in [4.78, 5) is 23.5. The van der Waals surface area contributed by atoms with Crippen molar-refractivity contribution < 1.29 is 14.3 Å². The van der Waals surface area contributed by atoms with Gasteiger partial charge >= 0.3 is 12.0 Å². The quantitative estimate of drug-likeness (QED) is 0.415. The van der Waals surface area contributed by atoms with Crippen molar-refractivity contribution >= 4 is 12.0 Å². The van der Waals surface area contributed by atoms with Gasteiger partial charge < -0.3 is 15.0 Å². The van der Waals surface area contributed by atoms with E-state index in [9.17, 15) is 9.59 Å². The first-order chi connectivity index (χ1) is 6.34. The maximum Gasteiger partial charge on any atom is 0.335 e. The predicted molar refractivity (Wildman–Crippen MR) is 52.6 cm³/mol. The molecule has 1 unspecified atom stereocenters. The SMILES string of the molecule is C=C(C)C(=O)OC(C)NC(=O)N(C)C. The second-order valence-corrected chi connectivity index (χ2v) is 3.17. The van der Waals surface area contributed by atoms with Crippen molar-refractivity contribution in [3.05, 3.63) is 12.2 Å². The Morgan fingerprint density at radius 3 is 2.29 bits per heavy atom. The number of nitrogens with zero attached hydrogens (tertiary/aromatic N) is 1. The highest BCUT2D eigenvalue weighted by Gasteiger charge is 2.12. The largest absolute Gasteiger partial charge is 0.439 e. The molecular weight excluding hydrogens is 184 g/mol. The molecule has 0 aliphatic heterocycles. The highest BCUT2D eigenvalue weighted by Crippen LogP contribution is 1.96. The van der Waals surface area contributed by atoms with Crippen LogP contribution >= 0.6 is 0 Å². The van der Waals surface area contributed by atoms with E-state index in [4.69, 9.17) is 4.74 Å². The highest BCUT2D eigenvalue weighted by molar-refractivity contribution is 5.87. The third-order valence-corrected chi connectivity index (χ3v) is 1.37. The van der Waals surface area contributed by atoms with Crippen LogP contribution in [0.3, 0.4) is 0 Å². The zero-order valence-electron chi connectivity index (χ0n) is 8.96. The fraction of sp³-hybridized carbons (Fsp3) is 0.556. The molecule has 5 heteroatoms. The van der Waals surface area contributed by atoms with Crippen LogP contribution in [0.25, 0.3) is 0 Å². The molecule has 0 saturated heterocycles. The molecule has 0 heterocycles. The molecule has 14 heavy (non-hydrogen) atoms. The Morgan fingerprint density at radius 2 is 1.93 bits per heavy atom. The van der Waals surface area contributed by atoms with Crippen LogP contribution in [0, 0.1) is 0 Å². The van der Waals surface area contributed by atoms with Crippen LogP contribution in [0.4, 0.5) is 4.79 Å². The average Bonchev–Trinajstić information content (AvgIpc) is 2.03. The van der Waals surface area contributed by atoms with Crippen LogP contribution in [0.2, 0.25) is 0 Å². The molecule has 5 nitrogen and oxygen atoms in total. The molecule has 0 aromatic heterocycles. The molecule has 0 aliphatic rings. The first kappa shape index (κ1) is 12.5. The van der Waals surface area contributed by atoms with Crippen molar-refractivity contribution in [2.24, 2.45) is 0 Å². The van der Waals surface area contributed by atoms with Crippen LogP contribution in [0.15, 0.2) is 12.2 Å². The Balaban J connectivity index is 3.99. The third kappa shape index (κ3) is 4.49. The molecule has 0 fully saturated rings. The Morgan fingerprint density at radius 1 is 1.43 bits per heavy atom. The molecule has 1 N–H and O–H groups in total. The number of esters is 1. The lowest BCUT2D eigenvalue weighted by molar-refractivity contribution is -0.144. The number of amides is 2. The molecule has 0 aromatic rings. The van der Waals surface area contributed by atoms with E-state index in [2.05, 4.69) is 11.9 Å². The van der Waals surface area contributed by atoms with Crippen LogP contribution < -0.4 is 5.32 Å². The van der Waals surface area contributed by atoms with Gasteiger partial charge in [0.2, 0.25) is 0 Å². The number of nitrogens with one attached hydrogen (secondary N) is 1. The van der Waals surface area contributed by atoms with Crippen LogP contribution in [-0.2, 0) is 9.53 Å². The molecule has 0 saturated carbocycles. The number of carbonyl (C=O) groups excluding carboxylic acids is 2. The molecule has 2 amide bonds. The first-order valence-corrected chi connectivity index (χ1v) is 4.19. The number of hydrogen-bond donors (Lipinski definition) is 1. The lowest BCUT2D eigenvalue weighted by Gasteiger charge is -2.18. The van der Waals surface area contributed by atoms with Gasteiger partial charge in [-0.3, -0.25) is 0 Å². The van der Waals surface area contributed by atoms with E-state index in [1.165, 1.54) is 4.90 Å². The number of hydrogen-bond acceptors (Lipinski definition) is 3. The molecule has 0 aromatic carbocycles. The van der Waals surface area contributed by atoms with Gasteiger partial charge in [-0.05, 0) is 13.8 Å². The molecule has 0 rings (SSSR count). The van der Waals surface area contributed by atoms with E-state index in [0.29, 0.717) is 5.57 Å². The van der Waals surface area contributed by atoms with Crippen molar-refractivity contribution in [3.63, 3.8) is 0 Å². The topological polar surface area (TPSA) is 58.6 Å². The molecule has 80 valence electrons. The summed E-state index contributed by atoms with van der Waals surface area (Å²) in [5.74, 6) is -0.517. The van der Waals surface area contributed by atoms with Crippen molar-refractivity contribution in [1.82, 2.24) is 10.2 Å². The van der Waals surface area contributed by atoms with Gasteiger partial charge in [-0.25, -0.2) is 9.59 Å². The lowest BCUT2D eigenvalue weighted by Crippen LogP contribution is -2.42. The van der Waals surface area contributed by atoms with Crippen molar-refractivity contribution in [2.45, 2.75) is 20.1 Å². The fourth-order valence-corrected chi connectivity index (χ4v) is 0.594. The van der Waals surface area contributed by atoms with Gasteiger partial charge in [0.1, 0.15) is 0 Å². The number of rotatable bonds is 3. The van der Waals surface area contributed by atoms with Crippen LogP contribution in [0.1, 0.15) is 13.8 Å². The first-order valence-electron chi connectivity index (χ1n) is 4.19. The van der Waals surface area contributed by atoms with E-state index in [0.717, 1.165) is 0 Å². The standard InChI is InChI=1S/C9H16N2O3/c1-6(2)8(12)14-7(3)10-9(13)11(4)5/h7H,1H2,2-5H3,(H,10,13). The van der Waals surface area contributed by atoms with Gasteiger partial charge in [0, 0.05) is 19.7 Å². The summed E-state index contributed by atoms with van der Waals surface area (Å²) in [7, 11) is 3.20. The smallest absolute Gasteiger partial charge is 0.335 e. The monoisotopic (exact) mass is 200 g/mol. The summed E-state index contributed by atoms with van der Waals surface area (Å²) in [5, 5.41) is 2.47. The Bertz CT molecular complexity index is 248. The Labute approximate surface area is 83.7 Å². The van der Waals surface area contributed by atoms with E-state index < -0.39 is 12.2 Å². The fourth-order valence-electron chi connectivity index (χ4n) is 0.594. The molecule has 1 atom stereocenters. The van der Waals surface area contributed by atoms with Gasteiger partial charge in [-0.15, -0.1) is 0 Å². The minimum Gasteiger partial charge on any atom is -0.439 e. The number of carbonyl (C=O) groups is 2. The van der Waals surface area contributed by atoms with E-state index in [1.54, 1.807) is 27.9 Å². The second-order valence-electron chi connectivity index (χ2n) is 3.17. The van der Waals surface area contributed by atoms with Gasteiger partial charge in [0.05, 0.1) is 0 Å². The molecule has 0 radical (unpaired) electrons. The van der Waals surface area contributed by atoms with Gasteiger partial charge in [0.15, 0.2) is 6.23 Å². The number of urea groups is 1. The van der Waals surface area contributed by atoms with Crippen LogP contribution in [-0.4, -0.2) is 37.2 Å². The Hall–Kier alpha value is -1.52. The number of ether oxygens (including phenoxy) is 1. The highest BCUT2D eigenvalue weighted by atomic mass is 16.6. The molecule has 0 aliphatic carbocycles. The maximum atomic E-state index is 11.1. The van der Waals surface area contributed by atoms with E-state index >= 15 is 0 Å². The van der Waals surface area contributed by atoms with Crippen molar-refractivity contribution in [2.75, 3.05) is 14.1 Å². The van der Waals surface area contributed by atoms with Crippen LogP contribution in [0.5, 0.6) is 0 Å². The maximum absolute atomic E-state index is 11.1. The van der Waals surface area contributed by atoms with Gasteiger partial charge in [0.25, 0.3) is 0 Å². The zero-order valence-corrected chi connectivity index (χ0v) is 8.96. The zero-order chi connectivity index (χ0) is 11.3.